The van der Waals surface area contributed by atoms with Gasteiger partial charge in [-0.25, -0.2) is 9.97 Å². The van der Waals surface area contributed by atoms with Crippen LogP contribution in [0.2, 0.25) is 5.15 Å². The fraction of sp³-hybridized carbons (Fsp3) is 0.182. The van der Waals surface area contributed by atoms with Gasteiger partial charge in [-0.05, 0) is 18.4 Å². The topological polar surface area (TPSA) is 76.7 Å². The van der Waals surface area contributed by atoms with Crippen LogP contribution < -0.4 is 11.1 Å². The summed E-state index contributed by atoms with van der Waals surface area (Å²) in [4.78, 5) is 12.5. The third-order valence-electron chi connectivity index (χ3n) is 2.22. The minimum absolute atomic E-state index is 0.262. The summed E-state index contributed by atoms with van der Waals surface area (Å²) in [5.74, 6) is 0.532. The summed E-state index contributed by atoms with van der Waals surface area (Å²) in [7, 11) is 0. The molecule has 0 saturated carbocycles. The van der Waals surface area contributed by atoms with Crippen LogP contribution in [-0.4, -0.2) is 21.2 Å². The van der Waals surface area contributed by atoms with E-state index in [0.717, 1.165) is 5.69 Å². The van der Waals surface area contributed by atoms with E-state index >= 15 is 0 Å². The van der Waals surface area contributed by atoms with Crippen molar-refractivity contribution in [1.29, 1.82) is 0 Å². The van der Waals surface area contributed by atoms with Crippen molar-refractivity contribution >= 4 is 34.9 Å². The number of halogens is 1. The first-order valence-corrected chi connectivity index (χ1v) is 6.81. The minimum atomic E-state index is 0.262. The third kappa shape index (κ3) is 3.02. The van der Waals surface area contributed by atoms with Gasteiger partial charge in [0.15, 0.2) is 16.1 Å². The van der Waals surface area contributed by atoms with Crippen LogP contribution >= 0.6 is 23.4 Å². The lowest BCUT2D eigenvalue weighted by Crippen LogP contribution is -2.07. The average molecular weight is 282 g/mol. The average Bonchev–Trinajstić information content (AvgIpc) is 2.41. The highest BCUT2D eigenvalue weighted by Gasteiger charge is 2.09. The Morgan fingerprint density at radius 2 is 2.22 bits per heavy atom. The maximum atomic E-state index is 5.93. The fourth-order valence-electron chi connectivity index (χ4n) is 1.33. The first kappa shape index (κ1) is 12.9. The molecule has 5 nitrogen and oxygen atoms in total. The van der Waals surface area contributed by atoms with Gasteiger partial charge in [-0.1, -0.05) is 29.4 Å². The summed E-state index contributed by atoms with van der Waals surface area (Å²) in [6.07, 6.45) is 3.62. The van der Waals surface area contributed by atoms with Crippen LogP contribution in [-0.2, 0) is 6.54 Å². The molecule has 2 aromatic heterocycles. The molecule has 2 rings (SSSR count). The number of hydrogen-bond donors (Lipinski definition) is 2. The smallest absolute Gasteiger partial charge is 0.190 e. The van der Waals surface area contributed by atoms with Crippen molar-refractivity contribution < 1.29 is 0 Å². The minimum Gasteiger partial charge on any atom is -0.393 e. The molecule has 2 aromatic rings. The predicted molar refractivity (Wildman–Crippen MR) is 74.8 cm³/mol. The van der Waals surface area contributed by atoms with Gasteiger partial charge in [0.05, 0.1) is 12.2 Å². The molecule has 0 unspecified atom stereocenters. The summed E-state index contributed by atoms with van der Waals surface area (Å²) in [5, 5.41) is 3.95. The molecule has 0 aliphatic rings. The summed E-state index contributed by atoms with van der Waals surface area (Å²) in [5.41, 5.74) is 7.07. The Balaban J connectivity index is 2.16. The molecule has 0 amide bonds. The molecule has 0 aliphatic heterocycles. The number of nitrogens with two attached hydrogens (primary N) is 1. The van der Waals surface area contributed by atoms with Gasteiger partial charge in [0.2, 0.25) is 0 Å². The number of nitrogens with one attached hydrogen (secondary N) is 1. The molecule has 94 valence electrons. The number of aromatic nitrogens is 3. The van der Waals surface area contributed by atoms with E-state index in [1.54, 1.807) is 6.20 Å². The molecule has 0 bridgehead atoms. The molecule has 0 spiro atoms. The summed E-state index contributed by atoms with van der Waals surface area (Å²) in [6, 6.07) is 5.71. The van der Waals surface area contributed by atoms with Crippen molar-refractivity contribution in [2.45, 2.75) is 11.7 Å². The summed E-state index contributed by atoms with van der Waals surface area (Å²) >= 11 is 7.34. The summed E-state index contributed by atoms with van der Waals surface area (Å²) < 4.78 is 0. The van der Waals surface area contributed by atoms with Crippen LogP contribution in [0.1, 0.15) is 5.69 Å². The first-order valence-electron chi connectivity index (χ1n) is 5.21. The van der Waals surface area contributed by atoms with E-state index < -0.39 is 0 Å². The molecule has 3 N–H and O–H groups in total. The number of thioether (sulfide) groups is 1. The molecular formula is C11H12ClN5S. The number of nitrogens with zero attached hydrogens (tertiary/aromatic N) is 3. The van der Waals surface area contributed by atoms with Crippen molar-refractivity contribution in [2.75, 3.05) is 17.3 Å². The lowest BCUT2D eigenvalue weighted by Gasteiger charge is -2.09. The van der Waals surface area contributed by atoms with Gasteiger partial charge in [0.25, 0.3) is 0 Å². The highest BCUT2D eigenvalue weighted by molar-refractivity contribution is 7.98. The zero-order chi connectivity index (χ0) is 13.0. The second kappa shape index (κ2) is 5.88. The summed E-state index contributed by atoms with van der Waals surface area (Å²) in [6.45, 7) is 0.534. The van der Waals surface area contributed by atoms with Crippen LogP contribution in [0.5, 0.6) is 0 Å². The molecule has 0 aromatic carbocycles. The van der Waals surface area contributed by atoms with Gasteiger partial charge >= 0.3 is 0 Å². The Morgan fingerprint density at radius 3 is 2.89 bits per heavy atom. The molecule has 18 heavy (non-hydrogen) atoms. The van der Waals surface area contributed by atoms with Crippen molar-refractivity contribution in [2.24, 2.45) is 0 Å². The van der Waals surface area contributed by atoms with Gasteiger partial charge < -0.3 is 11.1 Å². The van der Waals surface area contributed by atoms with E-state index in [0.29, 0.717) is 23.2 Å². The molecule has 0 atom stereocenters. The standard InChI is InChI=1S/C11H12ClN5S/c1-18-11-16-9(12)8(13)10(17-11)15-6-7-4-2-3-5-14-7/h2-5H,6,13H2,1H3,(H,15,16,17). The quantitative estimate of drug-likeness (QED) is 0.509. The largest absolute Gasteiger partial charge is 0.393 e. The molecular weight excluding hydrogens is 270 g/mol. The Kier molecular flexibility index (Phi) is 4.22. The Bertz CT molecular complexity index is 534. The molecule has 7 heteroatoms. The third-order valence-corrected chi connectivity index (χ3v) is 3.06. The maximum Gasteiger partial charge on any atom is 0.190 e. The highest BCUT2D eigenvalue weighted by Crippen LogP contribution is 2.26. The highest BCUT2D eigenvalue weighted by atomic mass is 35.5. The SMILES string of the molecule is CSc1nc(Cl)c(N)c(NCc2ccccn2)n1. The molecule has 0 radical (unpaired) electrons. The monoisotopic (exact) mass is 281 g/mol. The van der Waals surface area contributed by atoms with Gasteiger partial charge in [0.1, 0.15) is 5.69 Å². The zero-order valence-electron chi connectivity index (χ0n) is 9.72. The predicted octanol–water partition coefficient (Wildman–Crippen LogP) is 2.44. The van der Waals surface area contributed by atoms with E-state index in [1.807, 2.05) is 24.5 Å². The van der Waals surface area contributed by atoms with E-state index in [2.05, 4.69) is 20.3 Å². The number of pyridine rings is 1. The maximum absolute atomic E-state index is 5.93. The van der Waals surface area contributed by atoms with Gasteiger partial charge in [-0.2, -0.15) is 0 Å². The van der Waals surface area contributed by atoms with E-state index in [1.165, 1.54) is 11.8 Å². The van der Waals surface area contributed by atoms with Crippen molar-refractivity contribution in [3.63, 3.8) is 0 Å². The van der Waals surface area contributed by atoms with Crippen LogP contribution in [0.15, 0.2) is 29.6 Å². The van der Waals surface area contributed by atoms with E-state index in [9.17, 15) is 0 Å². The number of nitrogen functional groups attached to an aromatic ring is 1. The number of hydrogen-bond acceptors (Lipinski definition) is 6. The molecule has 0 aliphatic carbocycles. The number of anilines is 2. The van der Waals surface area contributed by atoms with Crippen LogP contribution in [0, 0.1) is 0 Å². The van der Waals surface area contributed by atoms with Crippen molar-refractivity contribution in [3.8, 4) is 0 Å². The molecule has 0 fully saturated rings. The van der Waals surface area contributed by atoms with Crippen molar-refractivity contribution in [1.82, 2.24) is 15.0 Å². The second-order valence-corrected chi connectivity index (χ2v) is 4.57. The van der Waals surface area contributed by atoms with Gasteiger partial charge in [-0.15, -0.1) is 0 Å². The zero-order valence-corrected chi connectivity index (χ0v) is 11.3. The lowest BCUT2D eigenvalue weighted by molar-refractivity contribution is 0.950. The lowest BCUT2D eigenvalue weighted by atomic mass is 10.3. The van der Waals surface area contributed by atoms with E-state index in [4.69, 9.17) is 17.3 Å². The Labute approximate surface area is 114 Å². The van der Waals surface area contributed by atoms with Crippen LogP contribution in [0.4, 0.5) is 11.5 Å². The number of rotatable bonds is 4. The van der Waals surface area contributed by atoms with Crippen LogP contribution in [0.3, 0.4) is 0 Å². The second-order valence-electron chi connectivity index (χ2n) is 3.44. The molecule has 2 heterocycles. The van der Waals surface area contributed by atoms with Crippen LogP contribution in [0.25, 0.3) is 0 Å². The van der Waals surface area contributed by atoms with Crippen molar-refractivity contribution in [3.05, 3.63) is 35.2 Å². The molecule has 0 saturated heterocycles. The van der Waals surface area contributed by atoms with E-state index in [-0.39, 0.29) is 5.15 Å². The normalized spacial score (nSPS) is 10.3. The first-order chi connectivity index (χ1) is 8.70. The Morgan fingerprint density at radius 1 is 1.39 bits per heavy atom. The van der Waals surface area contributed by atoms with Gasteiger partial charge in [-0.3, -0.25) is 4.98 Å². The Hall–Kier alpha value is -1.53. The fourth-order valence-corrected chi connectivity index (χ4v) is 1.91. The van der Waals surface area contributed by atoms with Gasteiger partial charge in [0, 0.05) is 6.20 Å².